The van der Waals surface area contributed by atoms with Gasteiger partial charge in [0.2, 0.25) is 5.76 Å². The van der Waals surface area contributed by atoms with Crippen LogP contribution in [0.3, 0.4) is 0 Å². The second-order valence-electron chi connectivity index (χ2n) is 9.14. The quantitative estimate of drug-likeness (QED) is 0.371. The normalized spacial score (nSPS) is 15.3. The van der Waals surface area contributed by atoms with Crippen LogP contribution in [-0.2, 0) is 6.42 Å². The zero-order valence-corrected chi connectivity index (χ0v) is 21.8. The zero-order chi connectivity index (χ0) is 24.8. The molecule has 0 aliphatic carbocycles. The summed E-state index contributed by atoms with van der Waals surface area (Å²) >= 11 is 12.6. The number of oxazole rings is 1. The summed E-state index contributed by atoms with van der Waals surface area (Å²) in [4.78, 5) is 23.9. The van der Waals surface area contributed by atoms with Crippen molar-refractivity contribution in [3.63, 3.8) is 0 Å². The van der Waals surface area contributed by atoms with Crippen LogP contribution in [0.1, 0.15) is 41.1 Å². The molecule has 6 nitrogen and oxygen atoms in total. The molecular weight excluding hydrogens is 483 g/mol. The number of hydrogen-bond donors (Lipinski definition) is 0. The minimum atomic E-state index is -0.113. The standard InChI is InChI=1S/C27H32Cl2N4O2/c1-20(18-21-8-4-3-5-9-21)25-26(35-19-30-25)27(34)31(2)12-7-13-32-14-16-33(17-15-32)23-11-6-10-22(28)24(23)29/h3-6,8-11,19-20H,7,12-18H2,1-2H3. The molecule has 1 saturated heterocycles. The van der Waals surface area contributed by atoms with Crippen LogP contribution in [0.4, 0.5) is 5.69 Å². The van der Waals surface area contributed by atoms with E-state index in [0.717, 1.165) is 56.9 Å². The molecule has 1 aromatic heterocycles. The second kappa shape index (κ2) is 11.9. The van der Waals surface area contributed by atoms with Crippen molar-refractivity contribution in [2.75, 3.05) is 51.2 Å². The van der Waals surface area contributed by atoms with Gasteiger partial charge in [0.25, 0.3) is 5.91 Å². The molecule has 1 amide bonds. The lowest BCUT2D eigenvalue weighted by atomic mass is 9.97. The molecule has 35 heavy (non-hydrogen) atoms. The van der Waals surface area contributed by atoms with Gasteiger partial charge >= 0.3 is 0 Å². The lowest BCUT2D eigenvalue weighted by Gasteiger charge is -2.36. The number of piperazine rings is 1. The molecule has 1 aliphatic heterocycles. The summed E-state index contributed by atoms with van der Waals surface area (Å²) in [6.45, 7) is 7.37. The van der Waals surface area contributed by atoms with Crippen LogP contribution in [-0.4, -0.2) is 67.0 Å². The molecule has 2 heterocycles. The van der Waals surface area contributed by atoms with Crippen molar-refractivity contribution < 1.29 is 9.21 Å². The molecule has 0 saturated carbocycles. The molecule has 0 N–H and O–H groups in total. The first-order chi connectivity index (χ1) is 16.9. The summed E-state index contributed by atoms with van der Waals surface area (Å²) in [7, 11) is 1.83. The van der Waals surface area contributed by atoms with E-state index in [0.29, 0.717) is 22.4 Å². The molecule has 3 aromatic rings. The van der Waals surface area contributed by atoms with Gasteiger partial charge in [0.15, 0.2) is 6.39 Å². The number of anilines is 1. The molecule has 4 rings (SSSR count). The third-order valence-corrected chi connectivity index (χ3v) is 7.41. The van der Waals surface area contributed by atoms with Crippen LogP contribution in [0, 0.1) is 0 Å². The Hall–Kier alpha value is -2.54. The largest absolute Gasteiger partial charge is 0.438 e. The highest BCUT2D eigenvalue weighted by Crippen LogP contribution is 2.33. The number of hydrogen-bond acceptors (Lipinski definition) is 5. The molecular formula is C27H32Cl2N4O2. The lowest BCUT2D eigenvalue weighted by molar-refractivity contribution is 0.0754. The Morgan fingerprint density at radius 2 is 1.83 bits per heavy atom. The minimum absolute atomic E-state index is 0.0906. The fourth-order valence-corrected chi connectivity index (χ4v) is 5.00. The smallest absolute Gasteiger partial charge is 0.291 e. The SMILES string of the molecule is CC(Cc1ccccc1)c1ncoc1C(=O)N(C)CCCN1CCN(c2cccc(Cl)c2Cl)CC1. The first-order valence-corrected chi connectivity index (χ1v) is 12.8. The maximum Gasteiger partial charge on any atom is 0.291 e. The van der Waals surface area contributed by atoms with E-state index in [-0.39, 0.29) is 11.8 Å². The van der Waals surface area contributed by atoms with Gasteiger partial charge in [0.1, 0.15) is 0 Å². The molecule has 1 fully saturated rings. The van der Waals surface area contributed by atoms with Crippen LogP contribution in [0.5, 0.6) is 0 Å². The highest BCUT2D eigenvalue weighted by molar-refractivity contribution is 6.43. The van der Waals surface area contributed by atoms with Crippen LogP contribution >= 0.6 is 23.2 Å². The second-order valence-corrected chi connectivity index (χ2v) is 9.92. The average Bonchev–Trinajstić information content (AvgIpc) is 3.36. The van der Waals surface area contributed by atoms with Gasteiger partial charge in [-0.25, -0.2) is 4.98 Å². The van der Waals surface area contributed by atoms with Gasteiger partial charge in [-0.3, -0.25) is 9.69 Å². The Morgan fingerprint density at radius 3 is 2.57 bits per heavy atom. The monoisotopic (exact) mass is 514 g/mol. The maximum absolute atomic E-state index is 13.1. The summed E-state index contributed by atoms with van der Waals surface area (Å²) in [5.41, 5.74) is 2.93. The number of nitrogens with zero attached hydrogens (tertiary/aromatic N) is 4. The Labute approximate surface area is 217 Å². The van der Waals surface area contributed by atoms with E-state index in [2.05, 4.69) is 33.8 Å². The first kappa shape index (κ1) is 25.5. The van der Waals surface area contributed by atoms with Crippen LogP contribution in [0.15, 0.2) is 59.3 Å². The Balaban J connectivity index is 1.24. The molecule has 1 aliphatic rings. The number of aromatic nitrogens is 1. The van der Waals surface area contributed by atoms with Crippen molar-refractivity contribution in [3.8, 4) is 0 Å². The van der Waals surface area contributed by atoms with Gasteiger partial charge in [-0.1, -0.05) is 66.5 Å². The molecule has 0 radical (unpaired) electrons. The van der Waals surface area contributed by atoms with Gasteiger partial charge in [-0.05, 0) is 37.1 Å². The van der Waals surface area contributed by atoms with Crippen molar-refractivity contribution in [2.45, 2.75) is 25.7 Å². The van der Waals surface area contributed by atoms with Gasteiger partial charge in [-0.15, -0.1) is 0 Å². The zero-order valence-electron chi connectivity index (χ0n) is 20.3. The Kier molecular flexibility index (Phi) is 8.71. The van der Waals surface area contributed by atoms with Crippen LogP contribution in [0.25, 0.3) is 0 Å². The van der Waals surface area contributed by atoms with E-state index in [1.807, 2.05) is 43.4 Å². The molecule has 0 bridgehead atoms. The van der Waals surface area contributed by atoms with Gasteiger partial charge in [0, 0.05) is 45.7 Å². The van der Waals surface area contributed by atoms with Gasteiger partial charge in [-0.2, -0.15) is 0 Å². The van der Waals surface area contributed by atoms with E-state index in [1.165, 1.54) is 12.0 Å². The van der Waals surface area contributed by atoms with Crippen molar-refractivity contribution in [3.05, 3.63) is 82.0 Å². The molecule has 186 valence electrons. The number of halogens is 2. The van der Waals surface area contributed by atoms with E-state index < -0.39 is 0 Å². The third kappa shape index (κ3) is 6.37. The van der Waals surface area contributed by atoms with Crippen molar-refractivity contribution >= 4 is 34.8 Å². The highest BCUT2D eigenvalue weighted by Gasteiger charge is 2.25. The Bertz CT molecular complexity index is 1110. The summed E-state index contributed by atoms with van der Waals surface area (Å²) in [6.07, 6.45) is 3.08. The topological polar surface area (TPSA) is 52.8 Å². The number of benzene rings is 2. The fourth-order valence-electron chi connectivity index (χ4n) is 4.59. The van der Waals surface area contributed by atoms with Crippen molar-refractivity contribution in [1.29, 1.82) is 0 Å². The highest BCUT2D eigenvalue weighted by atomic mass is 35.5. The van der Waals surface area contributed by atoms with Crippen LogP contribution < -0.4 is 4.90 Å². The van der Waals surface area contributed by atoms with E-state index in [4.69, 9.17) is 27.6 Å². The average molecular weight is 515 g/mol. The number of carbonyl (C=O) groups excluding carboxylic acids is 1. The third-order valence-electron chi connectivity index (χ3n) is 6.60. The summed E-state index contributed by atoms with van der Waals surface area (Å²) in [5, 5.41) is 1.20. The predicted octanol–water partition coefficient (Wildman–Crippen LogP) is 5.61. The van der Waals surface area contributed by atoms with Gasteiger partial charge < -0.3 is 14.2 Å². The number of amides is 1. The summed E-state index contributed by atoms with van der Waals surface area (Å²) in [5.74, 6) is 0.327. The number of rotatable bonds is 9. The van der Waals surface area contributed by atoms with E-state index >= 15 is 0 Å². The maximum atomic E-state index is 13.1. The minimum Gasteiger partial charge on any atom is -0.438 e. The van der Waals surface area contributed by atoms with E-state index in [9.17, 15) is 4.79 Å². The molecule has 1 atom stereocenters. The fraction of sp³-hybridized carbons (Fsp3) is 0.407. The molecule has 2 aromatic carbocycles. The van der Waals surface area contributed by atoms with E-state index in [1.54, 1.807) is 4.90 Å². The molecule has 0 spiro atoms. The molecule has 1 unspecified atom stereocenters. The Morgan fingerprint density at radius 1 is 1.09 bits per heavy atom. The van der Waals surface area contributed by atoms with Crippen LogP contribution in [0.2, 0.25) is 10.0 Å². The van der Waals surface area contributed by atoms with Crippen molar-refractivity contribution in [2.24, 2.45) is 0 Å². The molecule has 8 heteroatoms. The summed E-state index contributed by atoms with van der Waals surface area (Å²) in [6, 6.07) is 16.0. The lowest BCUT2D eigenvalue weighted by Crippen LogP contribution is -2.47. The number of carbonyl (C=O) groups is 1. The van der Waals surface area contributed by atoms with Crippen molar-refractivity contribution in [1.82, 2.24) is 14.8 Å². The summed E-state index contributed by atoms with van der Waals surface area (Å²) < 4.78 is 5.54. The van der Waals surface area contributed by atoms with Gasteiger partial charge in [0.05, 0.1) is 21.4 Å². The predicted molar refractivity (Wildman–Crippen MR) is 142 cm³/mol. The first-order valence-electron chi connectivity index (χ1n) is 12.1.